The Morgan fingerprint density at radius 1 is 1.35 bits per heavy atom. The highest BCUT2D eigenvalue weighted by Crippen LogP contribution is 2.29. The summed E-state index contributed by atoms with van der Waals surface area (Å²) in [6.45, 7) is 5.35. The van der Waals surface area contributed by atoms with Gasteiger partial charge in [-0.15, -0.1) is 0 Å². The summed E-state index contributed by atoms with van der Waals surface area (Å²) in [5, 5.41) is 4.10. The van der Waals surface area contributed by atoms with E-state index in [1.807, 2.05) is 11.8 Å². The fourth-order valence-corrected chi connectivity index (χ4v) is 4.11. The highest BCUT2D eigenvalue weighted by atomic mass is 32.2. The van der Waals surface area contributed by atoms with Gasteiger partial charge in [0.1, 0.15) is 0 Å². The van der Waals surface area contributed by atoms with Crippen molar-refractivity contribution in [2.45, 2.75) is 50.5 Å². The third-order valence-electron chi connectivity index (χ3n) is 4.05. The van der Waals surface area contributed by atoms with Gasteiger partial charge in [0.15, 0.2) is 0 Å². The van der Waals surface area contributed by atoms with Gasteiger partial charge in [-0.25, -0.2) is 0 Å². The van der Waals surface area contributed by atoms with Crippen molar-refractivity contribution in [2.75, 3.05) is 19.4 Å². The van der Waals surface area contributed by atoms with Crippen molar-refractivity contribution in [1.29, 1.82) is 0 Å². The lowest BCUT2D eigenvalue weighted by Crippen LogP contribution is -2.22. The van der Waals surface area contributed by atoms with Gasteiger partial charge < -0.3 is 10.1 Å². The number of benzene rings is 1. The molecule has 3 unspecified atom stereocenters. The fraction of sp³-hybridized carbons (Fsp3) is 0.647. The van der Waals surface area contributed by atoms with Gasteiger partial charge in [0.05, 0.1) is 6.10 Å². The molecule has 112 valence electrons. The van der Waals surface area contributed by atoms with Crippen molar-refractivity contribution in [1.82, 2.24) is 5.32 Å². The van der Waals surface area contributed by atoms with Crippen molar-refractivity contribution in [3.63, 3.8) is 0 Å². The third-order valence-corrected chi connectivity index (χ3v) is 5.63. The Morgan fingerprint density at radius 3 is 2.65 bits per heavy atom. The molecule has 0 spiro atoms. The van der Waals surface area contributed by atoms with E-state index in [0.29, 0.717) is 17.4 Å². The molecule has 0 amide bonds. The van der Waals surface area contributed by atoms with E-state index in [9.17, 15) is 0 Å². The van der Waals surface area contributed by atoms with Gasteiger partial charge in [-0.3, -0.25) is 0 Å². The second-order valence-corrected chi connectivity index (χ2v) is 6.84. The molecule has 0 saturated carbocycles. The Balaban J connectivity index is 1.90. The monoisotopic (exact) mass is 293 g/mol. The Labute approximate surface area is 127 Å². The molecule has 1 aromatic carbocycles. The van der Waals surface area contributed by atoms with E-state index in [0.717, 1.165) is 12.4 Å². The molecular weight excluding hydrogens is 266 g/mol. The Bertz CT molecular complexity index is 392. The number of ether oxygens (including phenoxy) is 1. The van der Waals surface area contributed by atoms with Crippen LogP contribution in [-0.2, 0) is 11.2 Å². The molecule has 1 aliphatic rings. The molecule has 1 N–H and O–H groups in total. The van der Waals surface area contributed by atoms with Crippen LogP contribution in [0.1, 0.15) is 43.9 Å². The smallest absolute Gasteiger partial charge is 0.0666 e. The summed E-state index contributed by atoms with van der Waals surface area (Å²) in [6.07, 6.45) is 3.99. The van der Waals surface area contributed by atoms with Crippen molar-refractivity contribution < 1.29 is 4.74 Å². The molecule has 0 aliphatic carbocycles. The quantitative estimate of drug-likeness (QED) is 0.826. The summed E-state index contributed by atoms with van der Waals surface area (Å²) in [6, 6.07) is 9.54. The van der Waals surface area contributed by atoms with Crippen LogP contribution in [0.15, 0.2) is 24.3 Å². The summed E-state index contributed by atoms with van der Waals surface area (Å²) in [5.74, 6) is 1.11. The lowest BCUT2D eigenvalue weighted by atomic mass is 10.0. The number of thioether (sulfide) groups is 1. The van der Waals surface area contributed by atoms with Crippen LogP contribution >= 0.6 is 11.8 Å². The number of nitrogens with one attached hydrogen (secondary N) is 1. The summed E-state index contributed by atoms with van der Waals surface area (Å²) in [7, 11) is 2.06. The van der Waals surface area contributed by atoms with E-state index in [2.05, 4.69) is 50.5 Å². The maximum Gasteiger partial charge on any atom is 0.0666 e. The van der Waals surface area contributed by atoms with Gasteiger partial charge in [0.2, 0.25) is 0 Å². The normalized spacial score (nSPS) is 23.9. The summed E-state index contributed by atoms with van der Waals surface area (Å²) in [5.41, 5.74) is 2.84. The SMILES string of the molecule is CCCc1ccc(C(CSC2CCOC2C)NC)cc1. The van der Waals surface area contributed by atoms with Crippen LogP contribution in [-0.4, -0.2) is 30.8 Å². The molecule has 20 heavy (non-hydrogen) atoms. The van der Waals surface area contributed by atoms with Crippen LogP contribution in [0.3, 0.4) is 0 Å². The highest BCUT2D eigenvalue weighted by molar-refractivity contribution is 8.00. The average Bonchev–Trinajstić information content (AvgIpc) is 2.87. The largest absolute Gasteiger partial charge is 0.377 e. The van der Waals surface area contributed by atoms with Crippen LogP contribution in [0.25, 0.3) is 0 Å². The average molecular weight is 293 g/mol. The summed E-state index contributed by atoms with van der Waals surface area (Å²) in [4.78, 5) is 0. The molecule has 1 saturated heterocycles. The van der Waals surface area contributed by atoms with Gasteiger partial charge >= 0.3 is 0 Å². The minimum absolute atomic E-state index is 0.407. The van der Waals surface area contributed by atoms with Crippen molar-refractivity contribution >= 4 is 11.8 Å². The lowest BCUT2D eigenvalue weighted by molar-refractivity contribution is 0.127. The van der Waals surface area contributed by atoms with Gasteiger partial charge in [-0.1, -0.05) is 37.6 Å². The predicted molar refractivity (Wildman–Crippen MR) is 88.5 cm³/mol. The van der Waals surface area contributed by atoms with Gasteiger partial charge in [-0.05, 0) is 37.9 Å². The van der Waals surface area contributed by atoms with E-state index >= 15 is 0 Å². The van der Waals surface area contributed by atoms with Crippen molar-refractivity contribution in [3.05, 3.63) is 35.4 Å². The molecule has 1 aliphatic heterocycles. The van der Waals surface area contributed by atoms with Crippen LogP contribution in [0.4, 0.5) is 0 Å². The molecule has 2 rings (SSSR count). The van der Waals surface area contributed by atoms with Crippen LogP contribution in [0.5, 0.6) is 0 Å². The first kappa shape index (κ1) is 15.9. The van der Waals surface area contributed by atoms with E-state index in [-0.39, 0.29) is 0 Å². The number of aryl methyl sites for hydroxylation is 1. The molecule has 3 heteroatoms. The van der Waals surface area contributed by atoms with Crippen LogP contribution < -0.4 is 5.32 Å². The Morgan fingerprint density at radius 2 is 2.10 bits per heavy atom. The molecule has 0 bridgehead atoms. The molecule has 3 atom stereocenters. The second-order valence-electron chi connectivity index (χ2n) is 5.57. The molecule has 0 radical (unpaired) electrons. The van der Waals surface area contributed by atoms with Crippen molar-refractivity contribution in [2.24, 2.45) is 0 Å². The zero-order valence-corrected chi connectivity index (χ0v) is 13.7. The Hall–Kier alpha value is -0.510. The van der Waals surface area contributed by atoms with E-state index < -0.39 is 0 Å². The summed E-state index contributed by atoms with van der Waals surface area (Å²) >= 11 is 2.05. The zero-order chi connectivity index (χ0) is 14.4. The lowest BCUT2D eigenvalue weighted by Gasteiger charge is -2.20. The zero-order valence-electron chi connectivity index (χ0n) is 12.9. The van der Waals surface area contributed by atoms with Gasteiger partial charge in [-0.2, -0.15) is 11.8 Å². The maximum atomic E-state index is 5.64. The van der Waals surface area contributed by atoms with E-state index in [1.165, 1.54) is 30.4 Å². The first-order valence-corrected chi connectivity index (χ1v) is 8.78. The number of hydrogen-bond acceptors (Lipinski definition) is 3. The number of hydrogen-bond donors (Lipinski definition) is 1. The number of rotatable bonds is 7. The van der Waals surface area contributed by atoms with E-state index in [4.69, 9.17) is 4.74 Å². The minimum atomic E-state index is 0.407. The molecule has 0 aromatic heterocycles. The van der Waals surface area contributed by atoms with E-state index in [1.54, 1.807) is 0 Å². The second kappa shape index (κ2) is 8.06. The summed E-state index contributed by atoms with van der Waals surface area (Å²) < 4.78 is 5.64. The molecular formula is C17H27NOS. The maximum absolute atomic E-state index is 5.64. The minimum Gasteiger partial charge on any atom is -0.377 e. The molecule has 1 aromatic rings. The first-order valence-electron chi connectivity index (χ1n) is 7.74. The topological polar surface area (TPSA) is 21.3 Å². The van der Waals surface area contributed by atoms with Gasteiger partial charge in [0, 0.05) is 23.7 Å². The molecule has 1 fully saturated rings. The molecule has 2 nitrogen and oxygen atoms in total. The fourth-order valence-electron chi connectivity index (χ4n) is 2.70. The first-order chi connectivity index (χ1) is 9.74. The molecule has 1 heterocycles. The van der Waals surface area contributed by atoms with Crippen molar-refractivity contribution in [3.8, 4) is 0 Å². The van der Waals surface area contributed by atoms with Gasteiger partial charge in [0.25, 0.3) is 0 Å². The predicted octanol–water partition coefficient (Wildman–Crippen LogP) is 3.81. The highest BCUT2D eigenvalue weighted by Gasteiger charge is 2.25. The van der Waals surface area contributed by atoms with Crippen LogP contribution in [0.2, 0.25) is 0 Å². The third kappa shape index (κ3) is 4.24. The standard InChI is InChI=1S/C17H27NOS/c1-4-5-14-6-8-15(9-7-14)16(18-3)12-20-17-10-11-19-13(17)2/h6-9,13,16-18H,4-5,10-12H2,1-3H3. The van der Waals surface area contributed by atoms with Crippen LogP contribution in [0, 0.1) is 0 Å². The Kier molecular flexibility index (Phi) is 6.40.